The van der Waals surface area contributed by atoms with Crippen molar-refractivity contribution in [2.45, 2.75) is 19.8 Å². The Morgan fingerprint density at radius 1 is 1.19 bits per heavy atom. The number of benzene rings is 1. The fraction of sp³-hybridized carbons (Fsp3) is 0.214. The molecular weight excluding hydrogens is 374 g/mol. The second kappa shape index (κ2) is 6.57. The van der Waals surface area contributed by atoms with E-state index in [1.54, 1.807) is 0 Å². The maximum atomic E-state index is 4.29. The second-order valence-corrected chi connectivity index (χ2v) is 3.58. The maximum Gasteiger partial charge on any atom is 0.0160 e. The molecule has 1 nitrogen and oxygen atoms in total. The van der Waals surface area contributed by atoms with E-state index in [4.69, 9.17) is 0 Å². The van der Waals surface area contributed by atoms with E-state index in [-0.39, 0.29) is 20.1 Å². The number of aromatic nitrogens is 1. The van der Waals surface area contributed by atoms with Crippen molar-refractivity contribution in [3.05, 3.63) is 54.2 Å². The molecule has 0 aliphatic rings. The number of rotatable bonds is 3. The predicted octanol–water partition coefficient (Wildman–Crippen LogP) is 3.50. The summed E-state index contributed by atoms with van der Waals surface area (Å²) in [5.74, 6) is 0. The predicted molar refractivity (Wildman–Crippen MR) is 62.5 cm³/mol. The molecule has 0 N–H and O–H groups in total. The summed E-state index contributed by atoms with van der Waals surface area (Å²) in [6.07, 6.45) is 4.11. The normalized spacial score (nSPS) is 9.56. The SMILES string of the molecule is CCCc1c[c-]c(-c2ccccn2)cc1.[Ir]. The van der Waals surface area contributed by atoms with Crippen molar-refractivity contribution in [2.75, 3.05) is 0 Å². The molecule has 2 rings (SSSR count). The van der Waals surface area contributed by atoms with Gasteiger partial charge in [0.1, 0.15) is 0 Å². The van der Waals surface area contributed by atoms with Gasteiger partial charge >= 0.3 is 0 Å². The van der Waals surface area contributed by atoms with Crippen LogP contribution in [0.15, 0.2) is 42.6 Å². The minimum absolute atomic E-state index is 0. The summed E-state index contributed by atoms with van der Waals surface area (Å²) in [6.45, 7) is 2.19. The average Bonchev–Trinajstić information content (AvgIpc) is 2.32. The monoisotopic (exact) mass is 389 g/mol. The average molecular weight is 388 g/mol. The molecule has 1 radical (unpaired) electrons. The zero-order valence-electron chi connectivity index (χ0n) is 9.24. The first kappa shape index (κ1) is 13.1. The van der Waals surface area contributed by atoms with E-state index in [9.17, 15) is 0 Å². The molecule has 0 saturated heterocycles. The smallest absolute Gasteiger partial charge is 0.0160 e. The molecule has 0 bridgehead atoms. The van der Waals surface area contributed by atoms with Crippen LogP contribution in [-0.4, -0.2) is 4.98 Å². The number of aryl methyl sites for hydroxylation is 1. The quantitative estimate of drug-likeness (QED) is 0.734. The van der Waals surface area contributed by atoms with Crippen molar-refractivity contribution in [3.63, 3.8) is 0 Å². The second-order valence-electron chi connectivity index (χ2n) is 3.58. The summed E-state index contributed by atoms with van der Waals surface area (Å²) in [6, 6.07) is 15.5. The number of pyridine rings is 1. The molecule has 85 valence electrons. The van der Waals surface area contributed by atoms with Crippen molar-refractivity contribution in [3.8, 4) is 11.3 Å². The van der Waals surface area contributed by atoms with Gasteiger partial charge in [-0.15, -0.1) is 35.4 Å². The topological polar surface area (TPSA) is 12.9 Å². The van der Waals surface area contributed by atoms with Crippen molar-refractivity contribution < 1.29 is 20.1 Å². The van der Waals surface area contributed by atoms with E-state index >= 15 is 0 Å². The van der Waals surface area contributed by atoms with Crippen LogP contribution in [0.4, 0.5) is 0 Å². The van der Waals surface area contributed by atoms with Gasteiger partial charge in [-0.2, -0.15) is 0 Å². The summed E-state index contributed by atoms with van der Waals surface area (Å²) in [7, 11) is 0. The molecule has 0 fully saturated rings. The van der Waals surface area contributed by atoms with Crippen LogP contribution in [-0.2, 0) is 26.5 Å². The zero-order chi connectivity index (χ0) is 10.5. The van der Waals surface area contributed by atoms with Gasteiger partial charge in [0.2, 0.25) is 0 Å². The van der Waals surface area contributed by atoms with Gasteiger partial charge in [-0.3, -0.25) is 0 Å². The van der Waals surface area contributed by atoms with Gasteiger partial charge in [0.25, 0.3) is 0 Å². The van der Waals surface area contributed by atoms with E-state index in [1.807, 2.05) is 24.4 Å². The number of hydrogen-bond acceptors (Lipinski definition) is 1. The Morgan fingerprint density at radius 2 is 2.06 bits per heavy atom. The Bertz CT molecular complexity index is 409. The molecule has 0 atom stereocenters. The molecular formula is C14H14IrN-. The summed E-state index contributed by atoms with van der Waals surface area (Å²) < 4.78 is 0. The summed E-state index contributed by atoms with van der Waals surface area (Å²) >= 11 is 0. The Kier molecular flexibility index (Phi) is 5.37. The van der Waals surface area contributed by atoms with Crippen molar-refractivity contribution >= 4 is 0 Å². The number of hydrogen-bond donors (Lipinski definition) is 0. The van der Waals surface area contributed by atoms with E-state index < -0.39 is 0 Å². The molecule has 1 aromatic carbocycles. The molecule has 2 heteroatoms. The fourth-order valence-corrected chi connectivity index (χ4v) is 1.58. The van der Waals surface area contributed by atoms with Crippen molar-refractivity contribution in [1.82, 2.24) is 4.98 Å². The van der Waals surface area contributed by atoms with E-state index in [1.165, 1.54) is 12.0 Å². The Balaban J connectivity index is 0.00000128. The third kappa shape index (κ3) is 3.26. The molecule has 2 aromatic rings. The van der Waals surface area contributed by atoms with Gasteiger partial charge in [-0.05, 0) is 11.8 Å². The Morgan fingerprint density at radius 3 is 2.62 bits per heavy atom. The van der Waals surface area contributed by atoms with Gasteiger partial charge < -0.3 is 4.98 Å². The van der Waals surface area contributed by atoms with Crippen LogP contribution in [0.25, 0.3) is 11.3 Å². The van der Waals surface area contributed by atoms with Crippen LogP contribution in [0.3, 0.4) is 0 Å². The van der Waals surface area contributed by atoms with Crippen molar-refractivity contribution in [2.24, 2.45) is 0 Å². The Labute approximate surface area is 110 Å². The third-order valence-corrected chi connectivity index (χ3v) is 2.36. The van der Waals surface area contributed by atoms with Gasteiger partial charge in [0.05, 0.1) is 0 Å². The van der Waals surface area contributed by atoms with Gasteiger partial charge in [0.15, 0.2) is 0 Å². The van der Waals surface area contributed by atoms with E-state index in [0.717, 1.165) is 17.7 Å². The fourth-order valence-electron chi connectivity index (χ4n) is 1.58. The van der Waals surface area contributed by atoms with E-state index in [2.05, 4.69) is 36.2 Å². The molecule has 0 spiro atoms. The standard InChI is InChI=1S/C14H14N.Ir/c1-2-5-12-7-9-13(10-8-12)14-6-3-4-11-15-14;/h3-4,6-9,11H,2,5H2,1H3;/q-1;. The van der Waals surface area contributed by atoms with Crippen LogP contribution in [0, 0.1) is 6.07 Å². The first-order valence-corrected chi connectivity index (χ1v) is 5.32. The maximum absolute atomic E-state index is 4.29. The molecule has 0 amide bonds. The Hall–Kier alpha value is -0.981. The van der Waals surface area contributed by atoms with Crippen molar-refractivity contribution in [1.29, 1.82) is 0 Å². The largest absolute Gasteiger partial charge is 0.305 e. The van der Waals surface area contributed by atoms with Crippen LogP contribution < -0.4 is 0 Å². The summed E-state index contributed by atoms with van der Waals surface area (Å²) in [5.41, 5.74) is 3.40. The van der Waals surface area contributed by atoms with Crippen LogP contribution >= 0.6 is 0 Å². The van der Waals surface area contributed by atoms with Gasteiger partial charge in [-0.1, -0.05) is 31.9 Å². The van der Waals surface area contributed by atoms with E-state index in [0.29, 0.717) is 0 Å². The molecule has 16 heavy (non-hydrogen) atoms. The van der Waals surface area contributed by atoms with Crippen LogP contribution in [0.5, 0.6) is 0 Å². The van der Waals surface area contributed by atoms with Gasteiger partial charge in [0, 0.05) is 26.3 Å². The van der Waals surface area contributed by atoms with Crippen LogP contribution in [0.1, 0.15) is 18.9 Å². The first-order valence-electron chi connectivity index (χ1n) is 5.32. The molecule has 1 heterocycles. The molecule has 0 unspecified atom stereocenters. The summed E-state index contributed by atoms with van der Waals surface area (Å²) in [5, 5.41) is 0. The number of nitrogens with zero attached hydrogens (tertiary/aromatic N) is 1. The minimum Gasteiger partial charge on any atom is -0.305 e. The first-order chi connectivity index (χ1) is 7.40. The molecule has 1 aromatic heterocycles. The molecule has 0 aliphatic heterocycles. The zero-order valence-corrected chi connectivity index (χ0v) is 11.6. The molecule has 0 aliphatic carbocycles. The van der Waals surface area contributed by atoms with Gasteiger partial charge in [-0.25, -0.2) is 0 Å². The summed E-state index contributed by atoms with van der Waals surface area (Å²) in [4.78, 5) is 4.29. The minimum atomic E-state index is 0. The third-order valence-electron chi connectivity index (χ3n) is 2.36. The van der Waals surface area contributed by atoms with Crippen LogP contribution in [0.2, 0.25) is 0 Å². The molecule has 0 saturated carbocycles.